The number of rotatable bonds is 4. The smallest absolute Gasteiger partial charge is 0.251 e. The number of hydrogen-bond donors (Lipinski definition) is 3. The van der Waals surface area contributed by atoms with Crippen LogP contribution < -0.4 is 16.2 Å². The van der Waals surface area contributed by atoms with Crippen LogP contribution in [0.25, 0.3) is 0 Å². The first-order valence-corrected chi connectivity index (χ1v) is 9.82. The molecule has 0 spiro atoms. The van der Waals surface area contributed by atoms with Crippen molar-refractivity contribution in [1.82, 2.24) is 5.32 Å². The molecule has 6 nitrogen and oxygen atoms in total. The molecule has 0 fully saturated rings. The van der Waals surface area contributed by atoms with Gasteiger partial charge in [-0.1, -0.05) is 18.2 Å². The molecule has 2 aromatic carbocycles. The Morgan fingerprint density at radius 2 is 1.96 bits per heavy atom. The highest BCUT2D eigenvalue weighted by atomic mass is 35.5. The van der Waals surface area contributed by atoms with Gasteiger partial charge in [0.25, 0.3) is 5.91 Å². The lowest BCUT2D eigenvalue weighted by atomic mass is 9.87. The minimum absolute atomic E-state index is 0. The van der Waals surface area contributed by atoms with E-state index >= 15 is 0 Å². The van der Waals surface area contributed by atoms with Crippen molar-refractivity contribution < 1.29 is 13.2 Å². The molecule has 1 atom stereocenters. The summed E-state index contributed by atoms with van der Waals surface area (Å²) in [7, 11) is -3.63. The summed E-state index contributed by atoms with van der Waals surface area (Å²) in [6.07, 6.45) is 2.79. The average molecular weight is 396 g/mol. The minimum Gasteiger partial charge on any atom is -0.399 e. The number of carbonyl (C=O) groups is 1. The monoisotopic (exact) mass is 395 g/mol. The number of carbonyl (C=O) groups excluding carboxylic acids is 1. The Morgan fingerprint density at radius 3 is 2.69 bits per heavy atom. The van der Waals surface area contributed by atoms with Crippen LogP contribution in [0.3, 0.4) is 0 Å². The van der Waals surface area contributed by atoms with Crippen LogP contribution in [0.1, 0.15) is 45.9 Å². The summed E-state index contributed by atoms with van der Waals surface area (Å²) >= 11 is 0. The van der Waals surface area contributed by atoms with E-state index in [0.29, 0.717) is 11.1 Å². The van der Waals surface area contributed by atoms with Crippen LogP contribution in [0, 0.1) is 0 Å². The first-order chi connectivity index (χ1) is 11.8. The molecule has 0 saturated carbocycles. The highest BCUT2D eigenvalue weighted by molar-refractivity contribution is 7.88. The van der Waals surface area contributed by atoms with Crippen LogP contribution in [0.2, 0.25) is 0 Å². The molecule has 0 aromatic heterocycles. The lowest BCUT2D eigenvalue weighted by Gasteiger charge is -2.26. The Bertz CT molecular complexity index is 916. The summed E-state index contributed by atoms with van der Waals surface area (Å²) in [6, 6.07) is 12.2. The normalized spacial score (nSPS) is 16.3. The Kier molecular flexibility index (Phi) is 6.28. The van der Waals surface area contributed by atoms with E-state index in [1.165, 1.54) is 5.56 Å². The molecule has 0 bridgehead atoms. The van der Waals surface area contributed by atoms with Crippen molar-refractivity contribution in [1.29, 1.82) is 0 Å². The summed E-state index contributed by atoms with van der Waals surface area (Å²) in [5.74, 6) is -0.523. The summed E-state index contributed by atoms with van der Waals surface area (Å²) in [4.78, 5) is 12.6. The van der Waals surface area contributed by atoms with Crippen LogP contribution in [0.4, 0.5) is 5.69 Å². The first kappa shape index (κ1) is 20.2. The summed E-state index contributed by atoms with van der Waals surface area (Å²) in [6.45, 7) is 0. The number of sulfonamides is 1. The van der Waals surface area contributed by atoms with Crippen LogP contribution in [0.15, 0.2) is 42.5 Å². The Hall–Kier alpha value is -2.09. The van der Waals surface area contributed by atoms with Crippen molar-refractivity contribution in [3.63, 3.8) is 0 Å². The molecular weight excluding hydrogens is 374 g/mol. The van der Waals surface area contributed by atoms with Crippen LogP contribution in [-0.4, -0.2) is 14.3 Å². The number of primary sulfonamides is 1. The van der Waals surface area contributed by atoms with Gasteiger partial charge < -0.3 is 11.1 Å². The zero-order valence-electron chi connectivity index (χ0n) is 14.1. The molecule has 8 heteroatoms. The number of nitrogens with two attached hydrogens (primary N) is 2. The van der Waals surface area contributed by atoms with Gasteiger partial charge in [-0.2, -0.15) is 0 Å². The molecule has 3 rings (SSSR count). The van der Waals surface area contributed by atoms with E-state index in [-0.39, 0.29) is 30.1 Å². The number of benzene rings is 2. The molecule has 0 heterocycles. The molecule has 1 unspecified atom stereocenters. The number of anilines is 1. The molecule has 2 aromatic rings. The second-order valence-corrected chi connectivity index (χ2v) is 8.00. The summed E-state index contributed by atoms with van der Waals surface area (Å²) in [5, 5.41) is 8.11. The third-order valence-electron chi connectivity index (χ3n) is 4.34. The predicted octanol–water partition coefficient (Wildman–Crippen LogP) is 2.29. The van der Waals surface area contributed by atoms with E-state index < -0.39 is 10.0 Å². The minimum atomic E-state index is -3.63. The van der Waals surface area contributed by atoms with Crippen molar-refractivity contribution in [2.45, 2.75) is 31.1 Å². The van der Waals surface area contributed by atoms with Gasteiger partial charge in [0.15, 0.2) is 0 Å². The molecular formula is C18H22ClN3O3S. The molecule has 0 radical (unpaired) electrons. The topological polar surface area (TPSA) is 115 Å². The molecule has 1 amide bonds. The maximum absolute atomic E-state index is 12.6. The zero-order valence-corrected chi connectivity index (χ0v) is 15.8. The standard InChI is InChI=1S/C18H21N3O3S.ClH/c19-15-7-8-16-13(10-15)4-2-6-17(16)21-18(22)14-5-1-3-12(9-14)11-25(20,23)24;/h1,3,5,7-10,17H,2,4,6,11,19H2,(H,21,22)(H2,20,23,24);1H. The quantitative estimate of drug-likeness (QED) is 0.688. The molecule has 26 heavy (non-hydrogen) atoms. The van der Waals surface area contributed by atoms with Crippen molar-refractivity contribution in [3.8, 4) is 0 Å². The lowest BCUT2D eigenvalue weighted by Crippen LogP contribution is -2.31. The van der Waals surface area contributed by atoms with Gasteiger partial charge in [0, 0.05) is 11.3 Å². The fourth-order valence-electron chi connectivity index (χ4n) is 3.26. The van der Waals surface area contributed by atoms with Crippen molar-refractivity contribution >= 4 is 34.0 Å². The van der Waals surface area contributed by atoms with Crippen LogP contribution in [-0.2, 0) is 22.2 Å². The maximum atomic E-state index is 12.6. The Morgan fingerprint density at radius 1 is 1.19 bits per heavy atom. The maximum Gasteiger partial charge on any atom is 0.251 e. The Balaban J connectivity index is 0.00000243. The van der Waals surface area contributed by atoms with Crippen LogP contribution in [0.5, 0.6) is 0 Å². The third kappa shape index (κ3) is 4.97. The highest BCUT2D eigenvalue weighted by Gasteiger charge is 2.22. The average Bonchev–Trinajstić information content (AvgIpc) is 2.53. The SMILES string of the molecule is Cl.Nc1ccc2c(c1)CCCC2NC(=O)c1cccc(CS(N)(=O)=O)c1. The van der Waals surface area contributed by atoms with Crippen molar-refractivity contribution in [3.05, 3.63) is 64.7 Å². The molecule has 1 aliphatic carbocycles. The van der Waals surface area contributed by atoms with Gasteiger partial charge in [0.2, 0.25) is 10.0 Å². The van der Waals surface area contributed by atoms with Crippen molar-refractivity contribution in [2.75, 3.05) is 5.73 Å². The van der Waals surface area contributed by atoms with E-state index in [9.17, 15) is 13.2 Å². The fourth-order valence-corrected chi connectivity index (χ4v) is 3.90. The zero-order chi connectivity index (χ0) is 18.0. The number of fused-ring (bicyclic) bond motifs is 1. The van der Waals surface area contributed by atoms with Gasteiger partial charge in [-0.05, 0) is 60.2 Å². The van der Waals surface area contributed by atoms with Gasteiger partial charge in [0.1, 0.15) is 0 Å². The van der Waals surface area contributed by atoms with Crippen molar-refractivity contribution in [2.24, 2.45) is 5.14 Å². The van der Waals surface area contributed by atoms with Gasteiger partial charge in [-0.15, -0.1) is 12.4 Å². The highest BCUT2D eigenvalue weighted by Crippen LogP contribution is 2.31. The lowest BCUT2D eigenvalue weighted by molar-refractivity contribution is 0.0932. The van der Waals surface area contributed by atoms with E-state index in [1.54, 1.807) is 24.3 Å². The molecule has 140 valence electrons. The molecule has 0 saturated heterocycles. The van der Waals surface area contributed by atoms with Gasteiger partial charge in [-0.25, -0.2) is 13.6 Å². The first-order valence-electron chi connectivity index (χ1n) is 8.10. The van der Waals surface area contributed by atoms with Gasteiger partial charge >= 0.3 is 0 Å². The number of aryl methyl sites for hydroxylation is 1. The van der Waals surface area contributed by atoms with E-state index in [2.05, 4.69) is 5.32 Å². The van der Waals surface area contributed by atoms with Gasteiger partial charge in [-0.3, -0.25) is 4.79 Å². The Labute approximate surface area is 159 Å². The number of halogens is 1. The summed E-state index contributed by atoms with van der Waals surface area (Å²) in [5.41, 5.74) is 9.73. The third-order valence-corrected chi connectivity index (χ3v) is 5.08. The largest absolute Gasteiger partial charge is 0.399 e. The predicted molar refractivity (Wildman–Crippen MR) is 105 cm³/mol. The van der Waals surface area contributed by atoms with Crippen LogP contribution >= 0.6 is 12.4 Å². The molecule has 5 N–H and O–H groups in total. The van der Waals surface area contributed by atoms with E-state index in [1.807, 2.05) is 18.2 Å². The number of nitrogens with one attached hydrogen (secondary N) is 1. The molecule has 1 aliphatic rings. The summed E-state index contributed by atoms with van der Waals surface area (Å²) < 4.78 is 22.5. The van der Waals surface area contributed by atoms with E-state index in [4.69, 9.17) is 10.9 Å². The molecule has 0 aliphatic heterocycles. The van der Waals surface area contributed by atoms with Gasteiger partial charge in [0.05, 0.1) is 11.8 Å². The fraction of sp³-hybridized carbons (Fsp3) is 0.278. The number of nitrogen functional groups attached to an aromatic ring is 1. The number of amides is 1. The second kappa shape index (κ2) is 8.07. The second-order valence-electron chi connectivity index (χ2n) is 6.38. The van der Waals surface area contributed by atoms with E-state index in [0.717, 1.165) is 30.5 Å². The number of hydrogen-bond acceptors (Lipinski definition) is 4.